The van der Waals surface area contributed by atoms with Crippen molar-refractivity contribution in [1.82, 2.24) is 0 Å². The van der Waals surface area contributed by atoms with Crippen LogP contribution in [0, 0.1) is 0 Å². The van der Waals surface area contributed by atoms with E-state index in [2.05, 4.69) is 4.84 Å². The molecule has 0 saturated heterocycles. The van der Waals surface area contributed by atoms with Crippen LogP contribution in [-0.4, -0.2) is 6.04 Å². The van der Waals surface area contributed by atoms with Crippen LogP contribution < -0.4 is 0 Å². The number of rotatable bonds is 1. The largest absolute Gasteiger partial charge is 0.573 e. The van der Waals surface area contributed by atoms with Gasteiger partial charge in [0, 0.05) is 21.1 Å². The molecule has 0 atom stereocenters. The predicted octanol–water partition coefficient (Wildman–Crippen LogP) is 2.84. The van der Waals surface area contributed by atoms with Crippen LogP contribution in [0.25, 0.3) is 4.84 Å². The van der Waals surface area contributed by atoms with Gasteiger partial charge in [-0.15, -0.1) is 6.04 Å². The monoisotopic (exact) mass is 327 g/mol. The molecular weight excluding hydrogens is 317 g/mol. The molecule has 0 amide bonds. The van der Waals surface area contributed by atoms with Gasteiger partial charge in [0.2, 0.25) is 0 Å². The molecule has 0 aromatic rings. The first-order chi connectivity index (χ1) is 3.93. The molecule has 1 aliphatic rings. The molecule has 1 fully saturated rings. The average Bonchev–Trinajstić information content (AvgIpc) is 1.90. The summed E-state index contributed by atoms with van der Waals surface area (Å²) in [7, 11) is 0. The van der Waals surface area contributed by atoms with E-state index >= 15 is 0 Å². The second kappa shape index (κ2) is 5.70. The van der Waals surface area contributed by atoms with Crippen LogP contribution in [0.2, 0.25) is 0 Å². The molecule has 1 saturated carbocycles. The molecule has 0 bridgehead atoms. The van der Waals surface area contributed by atoms with Gasteiger partial charge in [0.15, 0.2) is 0 Å². The van der Waals surface area contributed by atoms with Crippen LogP contribution in [-0.2, 0) is 21.1 Å². The van der Waals surface area contributed by atoms with Gasteiger partial charge in [0.25, 0.3) is 0 Å². The quantitative estimate of drug-likeness (QED) is 0.703. The number of hydrogen-bond acceptors (Lipinski definition) is 0. The maximum absolute atomic E-state index is 5.31. The third-order valence-corrected chi connectivity index (χ3v) is 1.99. The summed E-state index contributed by atoms with van der Waals surface area (Å²) in [5.41, 5.74) is 0. The average molecular weight is 328 g/mol. The molecule has 0 spiro atoms. The number of hydrogen-bond donors (Lipinski definition) is 0. The van der Waals surface area contributed by atoms with Crippen molar-refractivity contribution in [1.29, 1.82) is 0 Å². The Kier molecular flexibility index (Phi) is 6.30. The second-order valence-electron chi connectivity index (χ2n) is 2.39. The molecule has 9 heavy (non-hydrogen) atoms. The van der Waals surface area contributed by atoms with Gasteiger partial charge in [-0.25, -0.2) is 0 Å². The van der Waals surface area contributed by atoms with Crippen LogP contribution in [0.15, 0.2) is 0 Å². The Morgan fingerprint density at radius 1 is 1.11 bits per heavy atom. The first-order valence-corrected chi connectivity index (χ1v) is 3.58. The van der Waals surface area contributed by atoms with Crippen molar-refractivity contribution in [2.75, 3.05) is 0 Å². The molecule has 0 aromatic heterocycles. The normalized spacial score (nSPS) is 21.0. The first-order valence-electron chi connectivity index (χ1n) is 3.24. The Hall–Kier alpha value is 0.938. The van der Waals surface area contributed by atoms with Crippen LogP contribution in [0.3, 0.4) is 0 Å². The summed E-state index contributed by atoms with van der Waals surface area (Å²) in [4.78, 5) is 3.72. The van der Waals surface area contributed by atoms with E-state index in [-0.39, 0.29) is 21.1 Å². The molecule has 0 aliphatic heterocycles. The van der Waals surface area contributed by atoms with Gasteiger partial charge in [0.1, 0.15) is 0 Å². The van der Waals surface area contributed by atoms with E-state index in [1.807, 2.05) is 0 Å². The van der Waals surface area contributed by atoms with E-state index in [0.29, 0.717) is 6.04 Å². The molecule has 3 heteroatoms. The van der Waals surface area contributed by atoms with E-state index in [1.54, 1.807) is 0 Å². The molecule has 1 rings (SSSR count). The molecule has 1 aliphatic carbocycles. The van der Waals surface area contributed by atoms with Crippen molar-refractivity contribution in [2.24, 2.45) is 0 Å². The van der Waals surface area contributed by atoms with Crippen LogP contribution in [0.5, 0.6) is 0 Å². The molecule has 0 N–H and O–H groups in total. The van der Waals surface area contributed by atoms with Gasteiger partial charge in [0.05, 0.1) is 0 Å². The maximum Gasteiger partial charge on any atom is 0 e. The van der Waals surface area contributed by atoms with Crippen molar-refractivity contribution in [3.63, 3.8) is 0 Å². The van der Waals surface area contributed by atoms with Crippen molar-refractivity contribution >= 4 is 11.8 Å². The van der Waals surface area contributed by atoms with Gasteiger partial charge in [-0.2, -0.15) is 0 Å². The minimum atomic E-state index is 0. The van der Waals surface area contributed by atoms with E-state index in [1.165, 1.54) is 32.1 Å². The molecule has 0 heterocycles. The standard InChI is InChI=1S/C6H11ClN.Pt/c7-8-6-4-2-1-3-5-6;/h6H,1-5H2;/q-1;. The van der Waals surface area contributed by atoms with E-state index in [9.17, 15) is 0 Å². The van der Waals surface area contributed by atoms with Crippen molar-refractivity contribution in [3.8, 4) is 0 Å². The Morgan fingerprint density at radius 3 is 2.00 bits per heavy atom. The molecular formula is C6H11ClNPt-. The first kappa shape index (κ1) is 9.94. The van der Waals surface area contributed by atoms with Crippen LogP contribution in [0.1, 0.15) is 32.1 Å². The van der Waals surface area contributed by atoms with Gasteiger partial charge in [-0.05, 0) is 0 Å². The predicted molar refractivity (Wildman–Crippen MR) is 36.1 cm³/mol. The third-order valence-electron chi connectivity index (χ3n) is 1.71. The zero-order valence-corrected chi connectivity index (χ0v) is 8.28. The Morgan fingerprint density at radius 2 is 1.67 bits per heavy atom. The zero-order valence-electron chi connectivity index (χ0n) is 5.25. The molecule has 58 valence electrons. The fourth-order valence-electron chi connectivity index (χ4n) is 1.18. The summed E-state index contributed by atoms with van der Waals surface area (Å²) in [5, 5.41) is 0. The van der Waals surface area contributed by atoms with Gasteiger partial charge >= 0.3 is 0 Å². The van der Waals surface area contributed by atoms with Gasteiger partial charge < -0.3 is 4.84 Å². The Labute approximate surface area is 75.9 Å². The van der Waals surface area contributed by atoms with Gasteiger partial charge in [-0.3, -0.25) is 11.8 Å². The molecule has 0 radical (unpaired) electrons. The molecule has 0 aromatic carbocycles. The molecule has 1 nitrogen and oxygen atoms in total. The summed E-state index contributed by atoms with van der Waals surface area (Å²) < 4.78 is 0. The fraction of sp³-hybridized carbons (Fsp3) is 1.00. The third kappa shape index (κ3) is 3.60. The Balaban J connectivity index is 0.000000640. The summed E-state index contributed by atoms with van der Waals surface area (Å²) in [5.74, 6) is 0. The minimum absolute atomic E-state index is 0. The smallest absolute Gasteiger partial charge is 0 e. The van der Waals surface area contributed by atoms with E-state index < -0.39 is 0 Å². The van der Waals surface area contributed by atoms with E-state index in [0.717, 1.165) is 0 Å². The summed E-state index contributed by atoms with van der Waals surface area (Å²) in [6, 6.07) is 0.477. The maximum atomic E-state index is 5.31. The zero-order chi connectivity index (χ0) is 5.82. The van der Waals surface area contributed by atoms with Crippen molar-refractivity contribution < 1.29 is 21.1 Å². The summed E-state index contributed by atoms with van der Waals surface area (Å²) in [6.07, 6.45) is 6.44. The van der Waals surface area contributed by atoms with Crippen molar-refractivity contribution in [2.45, 2.75) is 38.1 Å². The SMILES string of the molecule is Cl[N-]C1CCCCC1.[Pt]. The topological polar surface area (TPSA) is 14.1 Å². The molecule has 0 unspecified atom stereocenters. The summed E-state index contributed by atoms with van der Waals surface area (Å²) in [6.45, 7) is 0. The number of halogens is 1. The summed E-state index contributed by atoms with van der Waals surface area (Å²) >= 11 is 5.31. The second-order valence-corrected chi connectivity index (χ2v) is 2.58. The van der Waals surface area contributed by atoms with Crippen molar-refractivity contribution in [3.05, 3.63) is 4.84 Å². The van der Waals surface area contributed by atoms with Gasteiger partial charge in [-0.1, -0.05) is 32.1 Å². The number of nitrogens with zero attached hydrogens (tertiary/aromatic N) is 1. The minimum Gasteiger partial charge on any atom is -0.573 e. The van der Waals surface area contributed by atoms with E-state index in [4.69, 9.17) is 11.8 Å². The van der Waals surface area contributed by atoms with Crippen LogP contribution >= 0.6 is 11.8 Å². The Bertz CT molecular complexity index is 64.1. The van der Waals surface area contributed by atoms with Crippen LogP contribution in [0.4, 0.5) is 0 Å². The fourth-order valence-corrected chi connectivity index (χ4v) is 1.37.